The number of aryl methyl sites for hydroxylation is 1. The number of benzene rings is 1. The summed E-state index contributed by atoms with van der Waals surface area (Å²) in [5.41, 5.74) is 2.67. The molecule has 8 nitrogen and oxygen atoms in total. The highest BCUT2D eigenvalue weighted by atomic mass is 32.1. The maximum atomic E-state index is 13.3. The Balaban J connectivity index is 1.28. The summed E-state index contributed by atoms with van der Waals surface area (Å²) in [5, 5.41) is 5.99. The molecule has 31 heavy (non-hydrogen) atoms. The second kappa shape index (κ2) is 8.09. The Kier molecular flexibility index (Phi) is 5.13. The molecule has 0 N–H and O–H groups in total. The quantitative estimate of drug-likeness (QED) is 0.490. The van der Waals surface area contributed by atoms with Crippen molar-refractivity contribution in [3.8, 4) is 11.3 Å². The van der Waals surface area contributed by atoms with Gasteiger partial charge in [-0.05, 0) is 6.92 Å². The van der Waals surface area contributed by atoms with Crippen molar-refractivity contribution in [2.75, 3.05) is 26.2 Å². The molecule has 1 fully saturated rings. The lowest BCUT2D eigenvalue weighted by atomic mass is 10.0. The minimum Gasteiger partial charge on any atom is -0.360 e. The number of amides is 1. The summed E-state index contributed by atoms with van der Waals surface area (Å²) in [4.78, 5) is 34.8. The molecule has 0 atom stereocenters. The van der Waals surface area contributed by atoms with Gasteiger partial charge in [0.2, 0.25) is 0 Å². The Bertz CT molecular complexity index is 1290. The third kappa shape index (κ3) is 3.77. The predicted octanol–water partition coefficient (Wildman–Crippen LogP) is 2.68. The van der Waals surface area contributed by atoms with Crippen LogP contribution in [-0.2, 0) is 6.54 Å². The summed E-state index contributed by atoms with van der Waals surface area (Å²) in [6.45, 7) is 4.97. The number of thiazole rings is 1. The van der Waals surface area contributed by atoms with E-state index in [4.69, 9.17) is 4.52 Å². The van der Waals surface area contributed by atoms with Gasteiger partial charge < -0.3 is 9.42 Å². The van der Waals surface area contributed by atoms with E-state index < -0.39 is 0 Å². The van der Waals surface area contributed by atoms with Gasteiger partial charge >= 0.3 is 0 Å². The molecule has 158 valence electrons. The molecule has 5 rings (SSSR count). The summed E-state index contributed by atoms with van der Waals surface area (Å²) in [5.74, 6) is 0.467. The normalized spacial score (nSPS) is 14.9. The molecule has 1 aliphatic rings. The SMILES string of the molecule is Cc1onc(-c2ccccc2)c1C(=O)N1CCN(Cc2cc(=O)n3ccsc3n2)CC1. The number of rotatable bonds is 4. The zero-order valence-corrected chi connectivity index (χ0v) is 17.8. The standard InChI is InChI=1S/C22H21N5O3S/c1-15-19(20(24-30-15)16-5-3-2-4-6-16)21(29)26-9-7-25(8-10-26)14-17-13-18(28)27-11-12-31-22(27)23-17/h2-6,11-13H,7-10,14H2,1H3. The second-order valence-electron chi connectivity index (χ2n) is 7.54. The Morgan fingerprint density at radius 3 is 2.71 bits per heavy atom. The van der Waals surface area contributed by atoms with Crippen molar-refractivity contribution in [1.29, 1.82) is 0 Å². The number of nitrogens with zero attached hydrogens (tertiary/aromatic N) is 5. The van der Waals surface area contributed by atoms with Gasteiger partial charge in [0.15, 0.2) is 4.96 Å². The fourth-order valence-corrected chi connectivity index (χ4v) is 4.62. The van der Waals surface area contributed by atoms with Gasteiger partial charge in [-0.25, -0.2) is 4.98 Å². The van der Waals surface area contributed by atoms with Gasteiger partial charge in [0.05, 0.1) is 5.69 Å². The molecule has 0 spiro atoms. The summed E-state index contributed by atoms with van der Waals surface area (Å²) < 4.78 is 6.91. The van der Waals surface area contributed by atoms with Crippen molar-refractivity contribution in [3.63, 3.8) is 0 Å². The van der Waals surface area contributed by atoms with Crippen LogP contribution in [0, 0.1) is 6.92 Å². The van der Waals surface area contributed by atoms with Crippen LogP contribution in [0.1, 0.15) is 21.8 Å². The van der Waals surface area contributed by atoms with Crippen LogP contribution in [0.15, 0.2) is 57.3 Å². The van der Waals surface area contributed by atoms with Crippen LogP contribution in [0.2, 0.25) is 0 Å². The van der Waals surface area contributed by atoms with Crippen LogP contribution in [0.4, 0.5) is 0 Å². The van der Waals surface area contributed by atoms with Crippen LogP contribution < -0.4 is 5.56 Å². The largest absolute Gasteiger partial charge is 0.360 e. The number of fused-ring (bicyclic) bond motifs is 1. The third-order valence-electron chi connectivity index (χ3n) is 5.53. The van der Waals surface area contributed by atoms with Gasteiger partial charge in [0, 0.05) is 55.9 Å². The van der Waals surface area contributed by atoms with Crippen LogP contribution in [0.5, 0.6) is 0 Å². The van der Waals surface area contributed by atoms with E-state index >= 15 is 0 Å². The van der Waals surface area contributed by atoms with Crippen molar-refractivity contribution < 1.29 is 9.32 Å². The highest BCUT2D eigenvalue weighted by Gasteiger charge is 2.28. The van der Waals surface area contributed by atoms with Gasteiger partial charge in [-0.3, -0.25) is 18.9 Å². The molecule has 0 radical (unpaired) electrons. The van der Waals surface area contributed by atoms with Crippen LogP contribution in [0.3, 0.4) is 0 Å². The topological polar surface area (TPSA) is 84.0 Å². The first-order valence-electron chi connectivity index (χ1n) is 10.1. The Morgan fingerprint density at radius 2 is 1.94 bits per heavy atom. The van der Waals surface area contributed by atoms with E-state index in [0.717, 1.165) is 11.3 Å². The zero-order chi connectivity index (χ0) is 21.4. The maximum absolute atomic E-state index is 13.3. The lowest BCUT2D eigenvalue weighted by Gasteiger charge is -2.34. The molecule has 0 saturated carbocycles. The number of hydrogen-bond acceptors (Lipinski definition) is 7. The predicted molar refractivity (Wildman–Crippen MR) is 117 cm³/mol. The van der Waals surface area contributed by atoms with E-state index in [9.17, 15) is 9.59 Å². The number of hydrogen-bond donors (Lipinski definition) is 0. The summed E-state index contributed by atoms with van der Waals surface area (Å²) in [7, 11) is 0. The highest BCUT2D eigenvalue weighted by molar-refractivity contribution is 7.15. The van der Waals surface area contributed by atoms with Crippen LogP contribution in [-0.4, -0.2) is 56.4 Å². The minimum atomic E-state index is -0.0635. The van der Waals surface area contributed by atoms with E-state index in [-0.39, 0.29) is 11.5 Å². The van der Waals surface area contributed by atoms with E-state index in [1.165, 1.54) is 11.3 Å². The van der Waals surface area contributed by atoms with E-state index in [1.807, 2.05) is 40.6 Å². The monoisotopic (exact) mass is 435 g/mol. The number of aromatic nitrogens is 3. The first-order chi connectivity index (χ1) is 15.1. The second-order valence-corrected chi connectivity index (χ2v) is 8.41. The van der Waals surface area contributed by atoms with Gasteiger partial charge in [0.1, 0.15) is 17.0 Å². The first kappa shape index (κ1) is 19.7. The molecular formula is C22H21N5O3S. The molecular weight excluding hydrogens is 414 g/mol. The number of carbonyl (C=O) groups is 1. The minimum absolute atomic E-state index is 0.0615. The summed E-state index contributed by atoms with van der Waals surface area (Å²) >= 11 is 1.45. The van der Waals surface area contributed by atoms with Crippen molar-refractivity contribution >= 4 is 22.2 Å². The fourth-order valence-electron chi connectivity index (χ4n) is 3.88. The first-order valence-corrected chi connectivity index (χ1v) is 11.0. The van der Waals surface area contributed by atoms with E-state index in [1.54, 1.807) is 23.6 Å². The molecule has 9 heteroatoms. The van der Waals surface area contributed by atoms with Gasteiger partial charge in [0.25, 0.3) is 11.5 Å². The van der Waals surface area contributed by atoms with Crippen LogP contribution in [0.25, 0.3) is 16.2 Å². The highest BCUT2D eigenvalue weighted by Crippen LogP contribution is 2.26. The molecule has 3 aromatic heterocycles. The molecule has 4 heterocycles. The zero-order valence-electron chi connectivity index (χ0n) is 17.0. The average molecular weight is 436 g/mol. The summed E-state index contributed by atoms with van der Waals surface area (Å²) in [6.07, 6.45) is 1.74. The van der Waals surface area contributed by atoms with Gasteiger partial charge in [-0.1, -0.05) is 35.5 Å². The van der Waals surface area contributed by atoms with Gasteiger partial charge in [-0.2, -0.15) is 0 Å². The molecule has 1 saturated heterocycles. The Labute approximate surface area is 182 Å². The lowest BCUT2D eigenvalue weighted by Crippen LogP contribution is -2.48. The lowest BCUT2D eigenvalue weighted by molar-refractivity contribution is 0.0626. The maximum Gasteiger partial charge on any atom is 0.259 e. The Hall–Kier alpha value is -3.30. The third-order valence-corrected chi connectivity index (χ3v) is 6.28. The molecule has 1 aliphatic heterocycles. The van der Waals surface area contributed by atoms with Crippen LogP contribution >= 0.6 is 11.3 Å². The molecule has 0 unspecified atom stereocenters. The average Bonchev–Trinajstić information content (AvgIpc) is 3.41. The number of piperazine rings is 1. The van der Waals surface area contributed by atoms with Crippen molar-refractivity contribution in [2.24, 2.45) is 0 Å². The molecule has 0 bridgehead atoms. The molecule has 0 aliphatic carbocycles. The smallest absolute Gasteiger partial charge is 0.259 e. The van der Waals surface area contributed by atoms with E-state index in [2.05, 4.69) is 15.0 Å². The molecule has 4 aromatic rings. The summed E-state index contributed by atoms with van der Waals surface area (Å²) in [6, 6.07) is 11.2. The van der Waals surface area contributed by atoms with Crippen molar-refractivity contribution in [2.45, 2.75) is 13.5 Å². The number of carbonyl (C=O) groups excluding carboxylic acids is 1. The van der Waals surface area contributed by atoms with E-state index in [0.29, 0.717) is 54.7 Å². The van der Waals surface area contributed by atoms with Gasteiger partial charge in [-0.15, -0.1) is 11.3 Å². The Morgan fingerprint density at radius 1 is 1.16 bits per heavy atom. The van der Waals surface area contributed by atoms with Crippen molar-refractivity contribution in [1.82, 2.24) is 24.3 Å². The molecule has 1 amide bonds. The molecule has 1 aromatic carbocycles. The van der Waals surface area contributed by atoms with Crippen molar-refractivity contribution in [3.05, 3.63) is 75.3 Å². The fraction of sp³-hybridized carbons (Fsp3) is 0.273.